The van der Waals surface area contributed by atoms with Gasteiger partial charge >= 0.3 is 0 Å². The molecule has 4 atom stereocenters. The summed E-state index contributed by atoms with van der Waals surface area (Å²) in [5.41, 5.74) is 2.45. The molecule has 2 aromatic carbocycles. The van der Waals surface area contributed by atoms with Crippen LogP contribution in [-0.4, -0.2) is 34.0 Å². The predicted molar refractivity (Wildman–Crippen MR) is 135 cm³/mol. The van der Waals surface area contributed by atoms with Gasteiger partial charge in [-0.15, -0.1) is 0 Å². The van der Waals surface area contributed by atoms with Gasteiger partial charge in [-0.05, 0) is 105 Å². The fraction of sp³-hybridized carbons (Fsp3) is 0.519. The topological polar surface area (TPSA) is 75.7 Å². The molecule has 0 unspecified atom stereocenters. The summed E-state index contributed by atoms with van der Waals surface area (Å²) in [5.74, 6) is 2.62. The number of aryl methyl sites for hydroxylation is 2. The van der Waals surface area contributed by atoms with Gasteiger partial charge in [0.1, 0.15) is 5.75 Å². The van der Waals surface area contributed by atoms with Crippen molar-refractivity contribution in [3.63, 3.8) is 0 Å². The third-order valence-corrected chi connectivity index (χ3v) is 9.62. The molecule has 0 heterocycles. The highest BCUT2D eigenvalue weighted by Gasteiger charge is 2.42. The molecule has 184 valence electrons. The second-order valence-corrected chi connectivity index (χ2v) is 11.8. The Morgan fingerprint density at radius 2 is 1.82 bits per heavy atom. The van der Waals surface area contributed by atoms with Crippen LogP contribution in [0, 0.1) is 31.6 Å². The first-order valence-electron chi connectivity index (χ1n) is 12.2. The van der Waals surface area contributed by atoms with Crippen LogP contribution < -0.4 is 14.4 Å². The predicted octanol–water partition coefficient (Wildman–Crippen LogP) is 4.84. The van der Waals surface area contributed by atoms with Gasteiger partial charge in [0.25, 0.3) is 10.0 Å². The van der Waals surface area contributed by atoms with E-state index in [1.807, 2.05) is 19.9 Å². The van der Waals surface area contributed by atoms with E-state index in [2.05, 4.69) is 12.2 Å². The van der Waals surface area contributed by atoms with Gasteiger partial charge in [-0.2, -0.15) is 0 Å². The molecule has 0 aromatic heterocycles. The van der Waals surface area contributed by atoms with Crippen LogP contribution >= 0.6 is 0 Å². The smallest absolute Gasteiger partial charge is 0.264 e. The van der Waals surface area contributed by atoms with Gasteiger partial charge in [-0.3, -0.25) is 9.10 Å². The highest BCUT2D eigenvalue weighted by atomic mass is 32.2. The van der Waals surface area contributed by atoms with Gasteiger partial charge < -0.3 is 10.1 Å². The van der Waals surface area contributed by atoms with Crippen molar-refractivity contribution in [3.8, 4) is 5.75 Å². The minimum atomic E-state index is -3.85. The number of methoxy groups -OCH3 is 1. The van der Waals surface area contributed by atoms with Crippen LogP contribution in [0.2, 0.25) is 0 Å². The summed E-state index contributed by atoms with van der Waals surface area (Å²) in [4.78, 5) is 13.1. The summed E-state index contributed by atoms with van der Waals surface area (Å²) >= 11 is 0. The van der Waals surface area contributed by atoms with Crippen molar-refractivity contribution in [1.82, 2.24) is 5.32 Å². The molecule has 1 N–H and O–H groups in total. The lowest BCUT2D eigenvalue weighted by atomic mass is 9.84. The van der Waals surface area contributed by atoms with Crippen molar-refractivity contribution in [2.45, 2.75) is 63.8 Å². The number of ether oxygens (including phenoxy) is 1. The second-order valence-electron chi connectivity index (χ2n) is 9.97. The van der Waals surface area contributed by atoms with Crippen molar-refractivity contribution in [2.24, 2.45) is 17.8 Å². The van der Waals surface area contributed by atoms with E-state index in [1.165, 1.54) is 30.0 Å². The van der Waals surface area contributed by atoms with E-state index in [0.717, 1.165) is 23.0 Å². The average Bonchev–Trinajstić information content (AvgIpc) is 3.45. The zero-order valence-electron chi connectivity index (χ0n) is 20.6. The number of amides is 1. The van der Waals surface area contributed by atoms with Crippen LogP contribution in [0.15, 0.2) is 47.4 Å². The number of hydrogen-bond acceptors (Lipinski definition) is 4. The van der Waals surface area contributed by atoms with Crippen molar-refractivity contribution in [2.75, 3.05) is 18.0 Å². The summed E-state index contributed by atoms with van der Waals surface area (Å²) in [7, 11) is -2.28. The number of carbonyl (C=O) groups excluding carboxylic acids is 1. The number of carbonyl (C=O) groups is 1. The summed E-state index contributed by atoms with van der Waals surface area (Å²) in [6.07, 6.45) is 5.20. The van der Waals surface area contributed by atoms with Crippen LogP contribution in [0.5, 0.6) is 5.75 Å². The van der Waals surface area contributed by atoms with Gasteiger partial charge in [0, 0.05) is 19.0 Å². The zero-order chi connectivity index (χ0) is 24.5. The van der Waals surface area contributed by atoms with Gasteiger partial charge in [0.05, 0.1) is 17.7 Å². The Hall–Kier alpha value is -2.54. The highest BCUT2D eigenvalue weighted by molar-refractivity contribution is 7.92. The van der Waals surface area contributed by atoms with Gasteiger partial charge in [0.2, 0.25) is 5.91 Å². The second kappa shape index (κ2) is 9.98. The molecule has 2 aromatic rings. The first-order chi connectivity index (χ1) is 16.2. The van der Waals surface area contributed by atoms with Crippen LogP contribution in [0.1, 0.15) is 50.2 Å². The molecule has 0 spiro atoms. The number of rotatable bonds is 9. The molecular weight excluding hydrogens is 448 g/mol. The molecule has 1 amide bonds. The Morgan fingerprint density at radius 1 is 1.09 bits per heavy atom. The third-order valence-electron chi connectivity index (χ3n) is 7.79. The van der Waals surface area contributed by atoms with Crippen molar-refractivity contribution < 1.29 is 17.9 Å². The molecule has 6 nitrogen and oxygen atoms in total. The number of nitrogens with zero attached hydrogens (tertiary/aromatic N) is 1. The molecule has 2 fully saturated rings. The Kier molecular flexibility index (Phi) is 7.22. The molecule has 2 bridgehead atoms. The van der Waals surface area contributed by atoms with Crippen molar-refractivity contribution in [1.29, 1.82) is 0 Å². The van der Waals surface area contributed by atoms with E-state index >= 15 is 0 Å². The number of fused-ring (bicyclic) bond motifs is 2. The first kappa shape index (κ1) is 24.6. The quantitative estimate of drug-likeness (QED) is 0.553. The van der Waals surface area contributed by atoms with Gasteiger partial charge in [0.15, 0.2) is 0 Å². The van der Waals surface area contributed by atoms with Gasteiger partial charge in [-0.25, -0.2) is 8.42 Å². The Labute approximate surface area is 203 Å². The molecule has 2 aliphatic carbocycles. The molecule has 2 aliphatic rings. The molecule has 2 saturated carbocycles. The largest absolute Gasteiger partial charge is 0.497 e. The monoisotopic (exact) mass is 484 g/mol. The number of sulfonamides is 1. The van der Waals surface area contributed by atoms with Crippen LogP contribution in [0.3, 0.4) is 0 Å². The first-order valence-corrected chi connectivity index (χ1v) is 13.7. The van der Waals surface area contributed by atoms with Crippen LogP contribution in [-0.2, 0) is 14.8 Å². The fourth-order valence-corrected chi connectivity index (χ4v) is 7.23. The maximum Gasteiger partial charge on any atom is 0.264 e. The minimum Gasteiger partial charge on any atom is -0.497 e. The number of anilines is 1. The van der Waals surface area contributed by atoms with Crippen molar-refractivity contribution >= 4 is 21.6 Å². The number of hydrogen-bond donors (Lipinski definition) is 1. The molecular formula is C27H36N2O4S. The number of benzene rings is 2. The van der Waals surface area contributed by atoms with E-state index in [1.54, 1.807) is 43.5 Å². The lowest BCUT2D eigenvalue weighted by molar-refractivity contribution is -0.121. The lowest BCUT2D eigenvalue weighted by Gasteiger charge is -2.29. The highest BCUT2D eigenvalue weighted by Crippen LogP contribution is 2.49. The summed E-state index contributed by atoms with van der Waals surface area (Å²) < 4.78 is 33.8. The lowest BCUT2D eigenvalue weighted by Crippen LogP contribution is -2.42. The molecule has 0 aliphatic heterocycles. The molecule has 4 rings (SSSR count). The molecule has 34 heavy (non-hydrogen) atoms. The summed E-state index contributed by atoms with van der Waals surface area (Å²) in [5, 5.41) is 3.16. The molecule has 7 heteroatoms. The van der Waals surface area contributed by atoms with E-state index in [4.69, 9.17) is 4.74 Å². The van der Waals surface area contributed by atoms with E-state index in [0.29, 0.717) is 17.4 Å². The standard InChI is InChI=1S/C27H36N2O4S/c1-18-5-12-25(15-19(18)2)34(31,32)29(23-8-10-24(33-4)11-9-23)14-13-27(30)28-20(3)26-17-21-6-7-22(26)16-21/h5,8-12,15,20-22,26H,6-7,13-14,16-17H2,1-4H3,(H,28,30)/t20-,21-,22+,26-/m1/s1. The third kappa shape index (κ3) is 5.09. The normalized spacial score (nSPS) is 22.4. The Morgan fingerprint density at radius 3 is 2.41 bits per heavy atom. The van der Waals surface area contributed by atoms with Crippen LogP contribution in [0.4, 0.5) is 5.69 Å². The molecule has 0 radical (unpaired) electrons. The fourth-order valence-electron chi connectivity index (χ4n) is 5.68. The average molecular weight is 485 g/mol. The van der Waals surface area contributed by atoms with Gasteiger partial charge in [-0.1, -0.05) is 12.5 Å². The zero-order valence-corrected chi connectivity index (χ0v) is 21.4. The SMILES string of the molecule is COc1ccc(N(CCC(=O)N[C@H](C)[C@H]2C[C@@H]3CC[C@H]2C3)S(=O)(=O)c2ccc(C)c(C)c2)cc1. The summed E-state index contributed by atoms with van der Waals surface area (Å²) in [6.45, 7) is 6.01. The maximum atomic E-state index is 13.6. The minimum absolute atomic E-state index is 0.0663. The van der Waals surface area contributed by atoms with E-state index in [9.17, 15) is 13.2 Å². The van der Waals surface area contributed by atoms with Crippen molar-refractivity contribution in [3.05, 3.63) is 53.6 Å². The molecule has 0 saturated heterocycles. The maximum absolute atomic E-state index is 13.6. The number of nitrogens with one attached hydrogen (secondary N) is 1. The summed E-state index contributed by atoms with van der Waals surface area (Å²) in [6, 6.07) is 12.2. The Bertz CT molecular complexity index is 1130. The van der Waals surface area contributed by atoms with E-state index < -0.39 is 10.0 Å². The van der Waals surface area contributed by atoms with E-state index in [-0.39, 0.29) is 29.8 Å². The van der Waals surface area contributed by atoms with Crippen LogP contribution in [0.25, 0.3) is 0 Å². The Balaban J connectivity index is 1.50.